The predicted molar refractivity (Wildman–Crippen MR) is 106 cm³/mol. The lowest BCUT2D eigenvalue weighted by molar-refractivity contribution is -0.192. The maximum atomic E-state index is 12.6. The van der Waals surface area contributed by atoms with E-state index in [2.05, 4.69) is 14.8 Å². The van der Waals surface area contributed by atoms with E-state index in [0.717, 1.165) is 57.4 Å². The van der Waals surface area contributed by atoms with Crippen molar-refractivity contribution in [2.24, 2.45) is 0 Å². The van der Waals surface area contributed by atoms with Crippen molar-refractivity contribution >= 4 is 17.8 Å². The van der Waals surface area contributed by atoms with Gasteiger partial charge in [-0.15, -0.1) is 0 Å². The monoisotopic (exact) mass is 446 g/mol. The number of likely N-dealkylation sites (tertiary alicyclic amines) is 2. The molecule has 2 saturated heterocycles. The van der Waals surface area contributed by atoms with E-state index in [1.54, 1.807) is 12.4 Å². The lowest BCUT2D eigenvalue weighted by Crippen LogP contribution is -2.49. The van der Waals surface area contributed by atoms with Crippen LogP contribution in [0.1, 0.15) is 42.5 Å². The SMILES string of the molecule is CN(C)CCN1C(=O)CCC12CCCN(C(=O)c1cc[nH]c1)CC2.O=C(O)C(F)(F)F. The Morgan fingerprint density at radius 1 is 1.23 bits per heavy atom. The van der Waals surface area contributed by atoms with Crippen molar-refractivity contribution in [3.05, 3.63) is 24.0 Å². The van der Waals surface area contributed by atoms with Crippen LogP contribution in [0.25, 0.3) is 0 Å². The van der Waals surface area contributed by atoms with Crippen molar-refractivity contribution in [1.82, 2.24) is 19.7 Å². The maximum Gasteiger partial charge on any atom is 0.490 e. The molecule has 8 nitrogen and oxygen atoms in total. The molecule has 3 heterocycles. The molecule has 0 saturated carbocycles. The molecule has 3 rings (SSSR count). The third kappa shape index (κ3) is 6.46. The van der Waals surface area contributed by atoms with Crippen LogP contribution in [0.15, 0.2) is 18.5 Å². The summed E-state index contributed by atoms with van der Waals surface area (Å²) >= 11 is 0. The van der Waals surface area contributed by atoms with Crippen molar-refractivity contribution in [1.29, 1.82) is 0 Å². The first-order chi connectivity index (χ1) is 14.5. The molecule has 2 N–H and O–H groups in total. The Hall–Kier alpha value is -2.56. The van der Waals surface area contributed by atoms with Gasteiger partial charge in [-0.1, -0.05) is 0 Å². The van der Waals surface area contributed by atoms with E-state index < -0.39 is 12.1 Å². The zero-order valence-electron chi connectivity index (χ0n) is 17.7. The Bertz CT molecular complexity index is 767. The summed E-state index contributed by atoms with van der Waals surface area (Å²) in [4.78, 5) is 43.0. The zero-order chi connectivity index (χ0) is 23.2. The Labute approximate surface area is 179 Å². The van der Waals surface area contributed by atoms with Gasteiger partial charge in [0.25, 0.3) is 5.91 Å². The van der Waals surface area contributed by atoms with E-state index in [9.17, 15) is 22.8 Å². The number of hydrogen-bond donors (Lipinski definition) is 2. The van der Waals surface area contributed by atoms with Gasteiger partial charge >= 0.3 is 12.1 Å². The Balaban J connectivity index is 0.000000423. The van der Waals surface area contributed by atoms with Gasteiger partial charge in [0, 0.05) is 50.5 Å². The standard InChI is InChI=1S/C18H28N4O2.C2HF3O2/c1-20(2)12-13-22-16(23)4-7-18(22)6-3-10-21(11-8-18)17(24)15-5-9-19-14-15;3-2(4,5)1(6)7/h5,9,14,19H,3-4,6-8,10-13H2,1-2H3;(H,6,7). The van der Waals surface area contributed by atoms with Crippen LogP contribution in [0, 0.1) is 0 Å². The summed E-state index contributed by atoms with van der Waals surface area (Å²) in [6.07, 6.45) is 2.90. The molecule has 1 spiro atoms. The summed E-state index contributed by atoms with van der Waals surface area (Å²) in [6, 6.07) is 1.82. The third-order valence-corrected chi connectivity index (χ3v) is 5.74. The van der Waals surface area contributed by atoms with Gasteiger partial charge in [-0.2, -0.15) is 13.2 Å². The van der Waals surface area contributed by atoms with Crippen LogP contribution >= 0.6 is 0 Å². The van der Waals surface area contributed by atoms with Crippen molar-refractivity contribution in [2.45, 2.75) is 43.8 Å². The molecule has 0 aromatic carbocycles. The number of rotatable bonds is 4. The molecule has 1 aromatic rings. The maximum absolute atomic E-state index is 12.6. The van der Waals surface area contributed by atoms with Gasteiger partial charge in [0.05, 0.1) is 5.56 Å². The van der Waals surface area contributed by atoms with Crippen LogP contribution in [-0.4, -0.2) is 94.6 Å². The number of nitrogens with zero attached hydrogens (tertiary/aromatic N) is 3. The molecule has 2 fully saturated rings. The van der Waals surface area contributed by atoms with Crippen molar-refractivity contribution in [2.75, 3.05) is 40.3 Å². The second-order valence-electron chi connectivity index (χ2n) is 8.12. The van der Waals surface area contributed by atoms with Crippen LogP contribution in [0.2, 0.25) is 0 Å². The summed E-state index contributed by atoms with van der Waals surface area (Å²) in [5, 5.41) is 7.12. The largest absolute Gasteiger partial charge is 0.490 e. The summed E-state index contributed by atoms with van der Waals surface area (Å²) in [7, 11) is 4.08. The fourth-order valence-corrected chi connectivity index (χ4v) is 4.08. The number of likely N-dealkylation sites (N-methyl/N-ethyl adjacent to an activating group) is 1. The minimum atomic E-state index is -5.08. The Morgan fingerprint density at radius 2 is 1.90 bits per heavy atom. The fraction of sp³-hybridized carbons (Fsp3) is 0.650. The van der Waals surface area contributed by atoms with Gasteiger partial charge < -0.3 is 24.8 Å². The van der Waals surface area contributed by atoms with Crippen molar-refractivity contribution in [3.63, 3.8) is 0 Å². The molecular formula is C20H29F3N4O4. The first kappa shape index (κ1) is 24.7. The van der Waals surface area contributed by atoms with E-state index in [0.29, 0.717) is 6.42 Å². The molecule has 1 unspecified atom stereocenters. The van der Waals surface area contributed by atoms with E-state index in [1.165, 1.54) is 0 Å². The number of hydrogen-bond acceptors (Lipinski definition) is 4. The quantitative estimate of drug-likeness (QED) is 0.739. The van der Waals surface area contributed by atoms with Crippen LogP contribution in [-0.2, 0) is 9.59 Å². The fourth-order valence-electron chi connectivity index (χ4n) is 4.08. The number of aliphatic carboxylic acids is 1. The van der Waals surface area contributed by atoms with Gasteiger partial charge in [0.2, 0.25) is 5.91 Å². The highest BCUT2D eigenvalue weighted by Gasteiger charge is 2.45. The third-order valence-electron chi connectivity index (χ3n) is 5.74. The molecule has 2 amide bonds. The smallest absolute Gasteiger partial charge is 0.475 e. The zero-order valence-corrected chi connectivity index (χ0v) is 17.7. The molecule has 1 atom stereocenters. The highest BCUT2D eigenvalue weighted by molar-refractivity contribution is 5.94. The number of carbonyl (C=O) groups excluding carboxylic acids is 2. The molecule has 0 aliphatic carbocycles. The number of alkyl halides is 3. The highest BCUT2D eigenvalue weighted by Crippen LogP contribution is 2.39. The second kappa shape index (κ2) is 10.2. The number of nitrogens with one attached hydrogen (secondary N) is 1. The van der Waals surface area contributed by atoms with Gasteiger partial charge in [0.1, 0.15) is 0 Å². The van der Waals surface area contributed by atoms with Crippen LogP contribution in [0.4, 0.5) is 13.2 Å². The summed E-state index contributed by atoms with van der Waals surface area (Å²) < 4.78 is 31.7. The lowest BCUT2D eigenvalue weighted by Gasteiger charge is -2.38. The van der Waals surface area contributed by atoms with E-state index in [-0.39, 0.29) is 17.4 Å². The first-order valence-corrected chi connectivity index (χ1v) is 10.1. The summed E-state index contributed by atoms with van der Waals surface area (Å²) in [5.41, 5.74) is 0.679. The topological polar surface area (TPSA) is 97.0 Å². The van der Waals surface area contributed by atoms with Crippen molar-refractivity contribution in [3.8, 4) is 0 Å². The molecule has 2 aliphatic rings. The number of aromatic amines is 1. The average molecular weight is 446 g/mol. The Morgan fingerprint density at radius 3 is 2.45 bits per heavy atom. The molecule has 31 heavy (non-hydrogen) atoms. The van der Waals surface area contributed by atoms with Gasteiger partial charge in [-0.05, 0) is 45.8 Å². The number of H-pyrrole nitrogens is 1. The van der Waals surface area contributed by atoms with E-state index >= 15 is 0 Å². The number of halogens is 3. The minimum absolute atomic E-state index is 0.0414. The number of amides is 2. The molecule has 11 heteroatoms. The van der Waals surface area contributed by atoms with Crippen LogP contribution < -0.4 is 0 Å². The molecule has 0 radical (unpaired) electrons. The van der Waals surface area contributed by atoms with Gasteiger partial charge in [0.15, 0.2) is 0 Å². The lowest BCUT2D eigenvalue weighted by atomic mass is 9.87. The number of aromatic nitrogens is 1. The average Bonchev–Trinajstić information content (AvgIpc) is 3.25. The predicted octanol–water partition coefficient (Wildman–Crippen LogP) is 2.20. The minimum Gasteiger partial charge on any atom is -0.475 e. The second-order valence-corrected chi connectivity index (χ2v) is 8.12. The Kier molecular flexibility index (Phi) is 8.10. The molecule has 1 aromatic heterocycles. The highest BCUT2D eigenvalue weighted by atomic mass is 19.4. The molecule has 0 bridgehead atoms. The summed E-state index contributed by atoms with van der Waals surface area (Å²) in [5.74, 6) is -2.38. The molecular weight excluding hydrogens is 417 g/mol. The van der Waals surface area contributed by atoms with Gasteiger partial charge in [-0.3, -0.25) is 9.59 Å². The van der Waals surface area contributed by atoms with E-state index in [4.69, 9.17) is 9.90 Å². The normalized spacial score (nSPS) is 21.8. The van der Waals surface area contributed by atoms with E-state index in [1.807, 2.05) is 25.1 Å². The number of carboxylic acid groups (broad SMARTS) is 1. The van der Waals surface area contributed by atoms with Crippen LogP contribution in [0.5, 0.6) is 0 Å². The summed E-state index contributed by atoms with van der Waals surface area (Å²) in [6.45, 7) is 3.19. The number of carboxylic acids is 1. The number of carbonyl (C=O) groups is 3. The first-order valence-electron chi connectivity index (χ1n) is 10.1. The van der Waals surface area contributed by atoms with Gasteiger partial charge in [-0.25, -0.2) is 4.79 Å². The molecule has 174 valence electrons. The molecule has 2 aliphatic heterocycles. The van der Waals surface area contributed by atoms with Crippen LogP contribution in [0.3, 0.4) is 0 Å². The van der Waals surface area contributed by atoms with Crippen molar-refractivity contribution < 1.29 is 32.7 Å².